The first-order valence-electron chi connectivity index (χ1n) is 6.10. The Bertz CT molecular complexity index is 581. The van der Waals surface area contributed by atoms with Gasteiger partial charge in [-0.15, -0.1) is 0 Å². The van der Waals surface area contributed by atoms with Crippen LogP contribution in [0.2, 0.25) is 5.02 Å². The predicted octanol–water partition coefficient (Wildman–Crippen LogP) is 2.86. The molecule has 0 aliphatic carbocycles. The number of benzene rings is 1. The summed E-state index contributed by atoms with van der Waals surface area (Å²) in [7, 11) is 0. The van der Waals surface area contributed by atoms with Crippen molar-refractivity contribution in [1.82, 2.24) is 0 Å². The van der Waals surface area contributed by atoms with E-state index in [0.29, 0.717) is 17.4 Å². The third-order valence-corrected chi connectivity index (χ3v) is 2.75. The number of carbonyl (C=O) groups excluding carboxylic acids is 1. The zero-order chi connectivity index (χ0) is 14.5. The number of esters is 1. The van der Waals surface area contributed by atoms with E-state index in [4.69, 9.17) is 25.8 Å². The van der Waals surface area contributed by atoms with Crippen molar-refractivity contribution < 1.29 is 19.0 Å². The highest BCUT2D eigenvalue weighted by Crippen LogP contribution is 2.22. The van der Waals surface area contributed by atoms with Gasteiger partial charge in [0.1, 0.15) is 12.0 Å². The molecule has 0 saturated carbocycles. The Morgan fingerprint density at radius 1 is 1.45 bits per heavy atom. The third kappa shape index (κ3) is 3.51. The molecule has 6 heteroatoms. The van der Waals surface area contributed by atoms with Crippen LogP contribution in [0.1, 0.15) is 12.5 Å². The Kier molecular flexibility index (Phi) is 4.63. The average molecular weight is 296 g/mol. The summed E-state index contributed by atoms with van der Waals surface area (Å²) in [4.78, 5) is 15.5. The lowest BCUT2D eigenvalue weighted by atomic mass is 10.2. The van der Waals surface area contributed by atoms with Gasteiger partial charge in [-0.25, -0.2) is 9.79 Å². The molecule has 0 saturated heterocycles. The highest BCUT2D eigenvalue weighted by atomic mass is 35.5. The van der Waals surface area contributed by atoms with Gasteiger partial charge in [0, 0.05) is 5.02 Å². The summed E-state index contributed by atoms with van der Waals surface area (Å²) in [5.74, 6) is 0.329. The molecule has 20 heavy (non-hydrogen) atoms. The lowest BCUT2D eigenvalue weighted by Gasteiger charge is -2.08. The Balaban J connectivity index is 1.99. The van der Waals surface area contributed by atoms with Crippen LogP contribution in [0.3, 0.4) is 0 Å². The van der Waals surface area contributed by atoms with Crippen LogP contribution in [0, 0.1) is 6.92 Å². The van der Waals surface area contributed by atoms with Crippen molar-refractivity contribution in [3.05, 3.63) is 40.7 Å². The fourth-order valence-corrected chi connectivity index (χ4v) is 1.80. The van der Waals surface area contributed by atoms with Crippen molar-refractivity contribution >= 4 is 23.5 Å². The summed E-state index contributed by atoms with van der Waals surface area (Å²) in [5, 5.41) is 0.640. The summed E-state index contributed by atoms with van der Waals surface area (Å²) in [6, 6.07) is 5.28. The molecule has 1 aromatic rings. The molecule has 0 spiro atoms. The van der Waals surface area contributed by atoms with E-state index in [2.05, 4.69) is 4.99 Å². The molecule has 2 rings (SSSR count). The second kappa shape index (κ2) is 6.43. The van der Waals surface area contributed by atoms with E-state index in [1.807, 2.05) is 13.8 Å². The lowest BCUT2D eigenvalue weighted by Crippen LogP contribution is -2.13. The third-order valence-electron chi connectivity index (χ3n) is 2.51. The van der Waals surface area contributed by atoms with Crippen LogP contribution >= 0.6 is 11.6 Å². The lowest BCUT2D eigenvalue weighted by molar-refractivity contribution is -0.130. The van der Waals surface area contributed by atoms with E-state index in [-0.39, 0.29) is 18.2 Å². The SMILES string of the molecule is CCOC=C1N=C(COc2ccc(Cl)cc2C)OC1=O. The van der Waals surface area contributed by atoms with Gasteiger partial charge < -0.3 is 14.2 Å². The van der Waals surface area contributed by atoms with E-state index in [1.165, 1.54) is 6.26 Å². The van der Waals surface area contributed by atoms with Crippen LogP contribution in [-0.4, -0.2) is 25.1 Å². The molecule has 0 aromatic heterocycles. The Morgan fingerprint density at radius 3 is 2.95 bits per heavy atom. The van der Waals surface area contributed by atoms with Crippen LogP contribution in [0.15, 0.2) is 35.2 Å². The molecule has 1 heterocycles. The first kappa shape index (κ1) is 14.4. The number of aryl methyl sites for hydroxylation is 1. The van der Waals surface area contributed by atoms with Crippen molar-refractivity contribution in [3.8, 4) is 5.75 Å². The molecule has 0 fully saturated rings. The summed E-state index contributed by atoms with van der Waals surface area (Å²) in [6.45, 7) is 4.22. The Hall–Kier alpha value is -2.01. The van der Waals surface area contributed by atoms with Crippen LogP contribution in [-0.2, 0) is 14.3 Å². The number of hydrogen-bond acceptors (Lipinski definition) is 5. The number of cyclic esters (lactones) is 1. The second-order valence-corrected chi connectivity index (χ2v) is 4.49. The molecular weight excluding hydrogens is 282 g/mol. The minimum Gasteiger partial charge on any atom is -0.499 e. The van der Waals surface area contributed by atoms with Gasteiger partial charge in [0.25, 0.3) is 0 Å². The van der Waals surface area contributed by atoms with Gasteiger partial charge in [-0.2, -0.15) is 0 Å². The Morgan fingerprint density at radius 2 is 2.25 bits per heavy atom. The standard InChI is InChI=1S/C14H14ClNO4/c1-3-18-7-11-14(17)20-13(16-11)8-19-12-5-4-10(15)6-9(12)2/h4-7H,3,8H2,1-2H3. The minimum absolute atomic E-state index is 0.0671. The summed E-state index contributed by atoms with van der Waals surface area (Å²) in [6.07, 6.45) is 1.28. The fraction of sp³-hybridized carbons (Fsp3) is 0.286. The maximum absolute atomic E-state index is 11.5. The number of ether oxygens (including phenoxy) is 3. The van der Waals surface area contributed by atoms with Crippen molar-refractivity contribution in [2.24, 2.45) is 4.99 Å². The zero-order valence-corrected chi connectivity index (χ0v) is 11.9. The van der Waals surface area contributed by atoms with E-state index in [0.717, 1.165) is 5.56 Å². The quantitative estimate of drug-likeness (QED) is 0.476. The topological polar surface area (TPSA) is 57.1 Å². The van der Waals surface area contributed by atoms with Gasteiger partial charge >= 0.3 is 5.97 Å². The van der Waals surface area contributed by atoms with Gasteiger partial charge in [-0.3, -0.25) is 0 Å². The monoisotopic (exact) mass is 295 g/mol. The van der Waals surface area contributed by atoms with Crippen LogP contribution in [0.5, 0.6) is 5.75 Å². The smallest absolute Gasteiger partial charge is 0.366 e. The highest BCUT2D eigenvalue weighted by molar-refractivity contribution is 6.30. The largest absolute Gasteiger partial charge is 0.499 e. The number of halogens is 1. The highest BCUT2D eigenvalue weighted by Gasteiger charge is 2.23. The first-order chi connectivity index (χ1) is 9.60. The maximum atomic E-state index is 11.5. The molecule has 106 valence electrons. The van der Waals surface area contributed by atoms with Gasteiger partial charge in [0.15, 0.2) is 12.3 Å². The summed E-state index contributed by atoms with van der Waals surface area (Å²) < 4.78 is 15.5. The molecule has 0 N–H and O–H groups in total. The number of nitrogens with zero attached hydrogens (tertiary/aromatic N) is 1. The van der Waals surface area contributed by atoms with Gasteiger partial charge in [-0.05, 0) is 37.6 Å². The molecule has 5 nitrogen and oxygen atoms in total. The number of hydrogen-bond donors (Lipinski definition) is 0. The number of rotatable bonds is 5. The zero-order valence-electron chi connectivity index (χ0n) is 11.2. The summed E-state index contributed by atoms with van der Waals surface area (Å²) >= 11 is 5.86. The molecular formula is C14H14ClNO4. The number of carbonyl (C=O) groups is 1. The summed E-state index contributed by atoms with van der Waals surface area (Å²) in [5.41, 5.74) is 1.03. The number of aliphatic imine (C=N–C) groups is 1. The van der Waals surface area contributed by atoms with Gasteiger partial charge in [0.05, 0.1) is 6.61 Å². The Labute approximate surface area is 121 Å². The fourth-order valence-electron chi connectivity index (χ4n) is 1.57. The van der Waals surface area contributed by atoms with Crippen molar-refractivity contribution in [3.63, 3.8) is 0 Å². The normalized spacial score (nSPS) is 16.1. The molecule has 1 aromatic carbocycles. The van der Waals surface area contributed by atoms with Crippen molar-refractivity contribution in [1.29, 1.82) is 0 Å². The predicted molar refractivity (Wildman–Crippen MR) is 74.9 cm³/mol. The van der Waals surface area contributed by atoms with Gasteiger partial charge in [-0.1, -0.05) is 11.6 Å². The molecule has 0 atom stereocenters. The molecule has 0 unspecified atom stereocenters. The second-order valence-electron chi connectivity index (χ2n) is 4.05. The maximum Gasteiger partial charge on any atom is 0.366 e. The minimum atomic E-state index is -0.537. The molecule has 1 aliphatic heterocycles. The van der Waals surface area contributed by atoms with E-state index in [9.17, 15) is 4.79 Å². The van der Waals surface area contributed by atoms with Gasteiger partial charge in [0.2, 0.25) is 5.90 Å². The van der Waals surface area contributed by atoms with E-state index >= 15 is 0 Å². The molecule has 0 bridgehead atoms. The van der Waals surface area contributed by atoms with E-state index in [1.54, 1.807) is 18.2 Å². The van der Waals surface area contributed by atoms with Crippen LogP contribution < -0.4 is 4.74 Å². The van der Waals surface area contributed by atoms with Crippen LogP contribution in [0.4, 0.5) is 0 Å². The average Bonchev–Trinajstić information content (AvgIpc) is 2.76. The van der Waals surface area contributed by atoms with E-state index < -0.39 is 5.97 Å². The van der Waals surface area contributed by atoms with Crippen molar-refractivity contribution in [2.45, 2.75) is 13.8 Å². The van der Waals surface area contributed by atoms with Crippen LogP contribution in [0.25, 0.3) is 0 Å². The first-order valence-corrected chi connectivity index (χ1v) is 6.48. The molecule has 1 aliphatic rings. The molecule has 0 radical (unpaired) electrons. The van der Waals surface area contributed by atoms with Crippen molar-refractivity contribution in [2.75, 3.05) is 13.2 Å². The molecule has 0 amide bonds.